The highest BCUT2D eigenvalue weighted by atomic mass is 35.5. The fraction of sp³-hybridized carbons (Fsp3) is 0.444. The maximum Gasteiger partial charge on any atom is 0.435 e. The van der Waals surface area contributed by atoms with Crippen molar-refractivity contribution in [2.75, 3.05) is 19.9 Å². The maximum atomic E-state index is 13.4. The van der Waals surface area contributed by atoms with Crippen molar-refractivity contribution in [3.05, 3.63) is 45.7 Å². The van der Waals surface area contributed by atoms with Crippen LogP contribution in [0.15, 0.2) is 18.2 Å². The molecule has 0 spiro atoms. The number of hydrogen-bond acceptors (Lipinski definition) is 5. The first-order chi connectivity index (χ1) is 13.9. The predicted molar refractivity (Wildman–Crippen MR) is 103 cm³/mol. The minimum absolute atomic E-state index is 0.0736. The Bertz CT molecular complexity index is 1080. The van der Waals surface area contributed by atoms with Gasteiger partial charge in [-0.1, -0.05) is 11.6 Å². The average molecular weight is 466 g/mol. The van der Waals surface area contributed by atoms with E-state index >= 15 is 0 Å². The second-order valence-electron chi connectivity index (χ2n) is 6.95. The first-order valence-corrected chi connectivity index (χ1v) is 11.1. The Morgan fingerprint density at radius 2 is 2.03 bits per heavy atom. The number of nitrogens with zero attached hydrogens (tertiary/aromatic N) is 3. The van der Waals surface area contributed by atoms with Gasteiger partial charge in [0.25, 0.3) is 0 Å². The molecule has 2 aromatic rings. The van der Waals surface area contributed by atoms with Crippen molar-refractivity contribution in [1.29, 1.82) is 0 Å². The van der Waals surface area contributed by atoms with Gasteiger partial charge in [0.2, 0.25) is 10.0 Å². The molecule has 7 nitrogen and oxygen atoms in total. The lowest BCUT2D eigenvalue weighted by Gasteiger charge is -2.25. The molecule has 0 amide bonds. The highest BCUT2D eigenvalue weighted by Gasteiger charge is 2.41. The van der Waals surface area contributed by atoms with E-state index in [1.165, 1.54) is 7.11 Å². The minimum atomic E-state index is -4.71. The van der Waals surface area contributed by atoms with E-state index in [1.54, 1.807) is 18.2 Å². The zero-order valence-corrected chi connectivity index (χ0v) is 17.7. The van der Waals surface area contributed by atoms with E-state index in [2.05, 4.69) is 5.10 Å². The molecular formula is C18H19ClF3N3O4S. The zero-order valence-electron chi connectivity index (χ0n) is 16.2. The molecule has 12 heteroatoms. The summed E-state index contributed by atoms with van der Waals surface area (Å²) in [6.45, 7) is -0.787. The van der Waals surface area contributed by atoms with Crippen LogP contribution in [0.4, 0.5) is 13.2 Å². The highest BCUT2D eigenvalue weighted by molar-refractivity contribution is 7.88. The van der Waals surface area contributed by atoms with E-state index in [9.17, 15) is 26.4 Å². The number of hydrogen-bond donors (Lipinski definition) is 0. The summed E-state index contributed by atoms with van der Waals surface area (Å²) in [6.07, 6.45) is -3.98. The average Bonchev–Trinajstić information content (AvgIpc) is 2.99. The Balaban J connectivity index is 1.92. The number of methoxy groups -OCH3 is 1. The Hall–Kier alpha value is -2.11. The summed E-state index contributed by atoms with van der Waals surface area (Å²) in [7, 11) is -2.18. The molecule has 2 heterocycles. The highest BCUT2D eigenvalue weighted by Crippen LogP contribution is 2.35. The summed E-state index contributed by atoms with van der Waals surface area (Å²) >= 11 is 5.95. The second kappa shape index (κ2) is 8.20. The monoisotopic (exact) mass is 465 g/mol. The van der Waals surface area contributed by atoms with Crippen molar-refractivity contribution >= 4 is 27.4 Å². The van der Waals surface area contributed by atoms with Gasteiger partial charge in [0.05, 0.1) is 25.6 Å². The number of fused-ring (bicyclic) bond motifs is 1. The van der Waals surface area contributed by atoms with E-state index in [0.717, 1.165) is 15.2 Å². The number of carbonyl (C=O) groups excluding carboxylic acids is 1. The molecule has 0 atom stereocenters. The topological polar surface area (TPSA) is 81.5 Å². The molecule has 1 aromatic carbocycles. The van der Waals surface area contributed by atoms with Gasteiger partial charge in [-0.2, -0.15) is 22.6 Å². The number of Topliss-reactive ketones (excluding diaryl/α,β-unsaturated/α-hetero) is 1. The van der Waals surface area contributed by atoms with Gasteiger partial charge in [-0.25, -0.2) is 8.42 Å². The molecular weight excluding hydrogens is 447 g/mol. The number of ketones is 1. The van der Waals surface area contributed by atoms with Crippen LogP contribution < -0.4 is 4.74 Å². The van der Waals surface area contributed by atoms with E-state index in [0.29, 0.717) is 16.3 Å². The fourth-order valence-corrected chi connectivity index (χ4v) is 4.39. The largest absolute Gasteiger partial charge is 0.496 e. The third-order valence-electron chi connectivity index (χ3n) is 4.80. The summed E-state index contributed by atoms with van der Waals surface area (Å²) in [5.41, 5.74) is -0.593. The molecule has 0 N–H and O–H groups in total. The van der Waals surface area contributed by atoms with Crippen LogP contribution >= 0.6 is 11.6 Å². The van der Waals surface area contributed by atoms with Crippen LogP contribution in [0.25, 0.3) is 0 Å². The molecule has 0 unspecified atom stereocenters. The molecule has 0 saturated carbocycles. The van der Waals surface area contributed by atoms with Crippen molar-refractivity contribution < 1.29 is 31.1 Å². The lowest BCUT2D eigenvalue weighted by Crippen LogP contribution is -2.36. The molecule has 0 bridgehead atoms. The standard InChI is InChI=1S/C18H19ClF3N3O4S/c1-29-16-4-3-12(19)7-11(16)8-13(26)9-25-15-10-24(30(2,27)28)6-5-14(15)17(23-25)18(20,21)22/h3-4,7H,5-6,8-10H2,1-2H3. The Morgan fingerprint density at radius 3 is 2.63 bits per heavy atom. The summed E-state index contributed by atoms with van der Waals surface area (Å²) < 4.78 is 71.2. The van der Waals surface area contributed by atoms with Gasteiger partial charge < -0.3 is 4.74 Å². The number of rotatable bonds is 6. The third-order valence-corrected chi connectivity index (χ3v) is 6.28. The molecule has 164 valence electrons. The number of carbonyl (C=O) groups is 1. The molecule has 0 aliphatic carbocycles. The van der Waals surface area contributed by atoms with E-state index in [4.69, 9.17) is 16.3 Å². The SMILES string of the molecule is COc1ccc(Cl)cc1CC(=O)Cn1nc(C(F)(F)F)c2c1CN(S(C)(=O)=O)CC2. The molecule has 30 heavy (non-hydrogen) atoms. The first-order valence-electron chi connectivity index (χ1n) is 8.85. The van der Waals surface area contributed by atoms with Crippen molar-refractivity contribution in [1.82, 2.24) is 14.1 Å². The van der Waals surface area contributed by atoms with Gasteiger partial charge in [-0.15, -0.1) is 0 Å². The molecule has 0 saturated heterocycles. The van der Waals surface area contributed by atoms with Crippen molar-refractivity contribution in [2.24, 2.45) is 0 Å². The van der Waals surface area contributed by atoms with Crippen LogP contribution in [0.2, 0.25) is 5.02 Å². The quantitative estimate of drug-likeness (QED) is 0.655. The second-order valence-corrected chi connectivity index (χ2v) is 9.37. The van der Waals surface area contributed by atoms with Crippen LogP contribution in [0, 0.1) is 0 Å². The Labute approximate surface area is 176 Å². The summed E-state index contributed by atoms with van der Waals surface area (Å²) in [5, 5.41) is 4.00. The lowest BCUT2D eigenvalue weighted by molar-refractivity contribution is -0.142. The first kappa shape index (κ1) is 22.6. The van der Waals surface area contributed by atoms with Gasteiger partial charge in [0.15, 0.2) is 11.5 Å². The molecule has 0 radical (unpaired) electrons. The van der Waals surface area contributed by atoms with Crippen LogP contribution in [0.5, 0.6) is 5.75 Å². The summed E-state index contributed by atoms with van der Waals surface area (Å²) in [5.74, 6) is 0.000506. The molecule has 1 aliphatic rings. The maximum absolute atomic E-state index is 13.4. The Morgan fingerprint density at radius 1 is 1.33 bits per heavy atom. The van der Waals surface area contributed by atoms with E-state index in [-0.39, 0.29) is 37.2 Å². The number of halogens is 4. The summed E-state index contributed by atoms with van der Waals surface area (Å²) in [6, 6.07) is 4.73. The van der Waals surface area contributed by atoms with Crippen LogP contribution in [0.3, 0.4) is 0 Å². The smallest absolute Gasteiger partial charge is 0.435 e. The van der Waals surface area contributed by atoms with Gasteiger partial charge in [0, 0.05) is 29.1 Å². The fourth-order valence-electron chi connectivity index (χ4n) is 3.42. The van der Waals surface area contributed by atoms with Crippen molar-refractivity contribution in [2.45, 2.75) is 32.1 Å². The van der Waals surface area contributed by atoms with Gasteiger partial charge >= 0.3 is 6.18 Å². The van der Waals surface area contributed by atoms with Crippen LogP contribution in [-0.2, 0) is 46.9 Å². The number of aromatic nitrogens is 2. The summed E-state index contributed by atoms with van der Waals surface area (Å²) in [4.78, 5) is 12.6. The van der Waals surface area contributed by atoms with Gasteiger partial charge in [0.1, 0.15) is 12.3 Å². The zero-order chi connectivity index (χ0) is 22.3. The third kappa shape index (κ3) is 4.79. The van der Waals surface area contributed by atoms with Gasteiger partial charge in [-0.3, -0.25) is 9.48 Å². The van der Waals surface area contributed by atoms with Crippen molar-refractivity contribution in [3.63, 3.8) is 0 Å². The number of benzene rings is 1. The molecule has 1 aromatic heterocycles. The van der Waals surface area contributed by atoms with E-state index in [1.807, 2.05) is 0 Å². The number of ether oxygens (including phenoxy) is 1. The normalized spacial score (nSPS) is 15.1. The molecule has 1 aliphatic heterocycles. The molecule has 3 rings (SSSR count). The van der Waals surface area contributed by atoms with Crippen molar-refractivity contribution in [3.8, 4) is 5.75 Å². The van der Waals surface area contributed by atoms with Crippen LogP contribution in [-0.4, -0.2) is 48.2 Å². The Kier molecular flexibility index (Phi) is 6.17. The minimum Gasteiger partial charge on any atom is -0.496 e. The number of alkyl halides is 3. The van der Waals surface area contributed by atoms with E-state index < -0.39 is 34.2 Å². The molecule has 0 fully saturated rings. The predicted octanol–water partition coefficient (Wildman–Crippen LogP) is 2.69. The van der Waals surface area contributed by atoms with Crippen LogP contribution in [0.1, 0.15) is 22.5 Å². The number of sulfonamides is 1. The van der Waals surface area contributed by atoms with Gasteiger partial charge in [-0.05, 0) is 24.6 Å². The lowest BCUT2D eigenvalue weighted by atomic mass is 10.0.